The van der Waals surface area contributed by atoms with E-state index < -0.39 is 5.97 Å². The summed E-state index contributed by atoms with van der Waals surface area (Å²) in [6.07, 6.45) is 4.54. The molecule has 0 radical (unpaired) electrons. The number of rotatable bonds is 6. The molecular formula is C12H18O4. The van der Waals surface area contributed by atoms with Gasteiger partial charge in [0.1, 0.15) is 0 Å². The SMILES string of the molecule is CC=C(C)C(=O)OCCCC=C(C)C(=O)O. The second-order valence-corrected chi connectivity index (χ2v) is 3.44. The van der Waals surface area contributed by atoms with Gasteiger partial charge in [0, 0.05) is 11.1 Å². The van der Waals surface area contributed by atoms with Gasteiger partial charge in [-0.15, -0.1) is 0 Å². The molecule has 0 saturated heterocycles. The van der Waals surface area contributed by atoms with Crippen LogP contribution in [0.15, 0.2) is 23.3 Å². The molecule has 0 bridgehead atoms. The van der Waals surface area contributed by atoms with E-state index in [4.69, 9.17) is 9.84 Å². The van der Waals surface area contributed by atoms with Gasteiger partial charge in [0.05, 0.1) is 6.61 Å². The van der Waals surface area contributed by atoms with Gasteiger partial charge in [-0.2, -0.15) is 0 Å². The van der Waals surface area contributed by atoms with Crippen LogP contribution in [0, 0.1) is 0 Å². The fraction of sp³-hybridized carbons (Fsp3) is 0.500. The zero-order valence-corrected chi connectivity index (χ0v) is 9.95. The van der Waals surface area contributed by atoms with Gasteiger partial charge in [-0.1, -0.05) is 12.2 Å². The van der Waals surface area contributed by atoms with E-state index in [1.165, 1.54) is 6.92 Å². The van der Waals surface area contributed by atoms with Crippen LogP contribution in [0.3, 0.4) is 0 Å². The molecule has 0 heterocycles. The fourth-order valence-corrected chi connectivity index (χ4v) is 0.886. The van der Waals surface area contributed by atoms with Crippen LogP contribution in [0.4, 0.5) is 0 Å². The van der Waals surface area contributed by atoms with Crippen molar-refractivity contribution < 1.29 is 19.4 Å². The largest absolute Gasteiger partial charge is 0.478 e. The second kappa shape index (κ2) is 7.68. The van der Waals surface area contributed by atoms with Crippen molar-refractivity contribution >= 4 is 11.9 Å². The molecule has 0 aliphatic carbocycles. The van der Waals surface area contributed by atoms with E-state index in [0.29, 0.717) is 30.6 Å². The maximum Gasteiger partial charge on any atom is 0.333 e. The van der Waals surface area contributed by atoms with Gasteiger partial charge in [0.25, 0.3) is 0 Å². The Kier molecular flexibility index (Phi) is 6.92. The molecule has 0 aromatic heterocycles. The molecule has 0 aromatic carbocycles. The summed E-state index contributed by atoms with van der Waals surface area (Å²) in [5, 5.41) is 8.57. The Hall–Kier alpha value is -1.58. The van der Waals surface area contributed by atoms with Gasteiger partial charge < -0.3 is 9.84 Å². The second-order valence-electron chi connectivity index (χ2n) is 3.44. The fourth-order valence-electron chi connectivity index (χ4n) is 0.886. The van der Waals surface area contributed by atoms with Crippen LogP contribution in [-0.4, -0.2) is 23.7 Å². The lowest BCUT2D eigenvalue weighted by Crippen LogP contribution is -2.06. The quantitative estimate of drug-likeness (QED) is 0.429. The normalized spacial score (nSPS) is 12.4. The van der Waals surface area contributed by atoms with Crippen molar-refractivity contribution in [3.63, 3.8) is 0 Å². The molecule has 4 heteroatoms. The summed E-state index contributed by atoms with van der Waals surface area (Å²) < 4.78 is 4.95. The zero-order valence-electron chi connectivity index (χ0n) is 9.95. The van der Waals surface area contributed by atoms with Crippen molar-refractivity contribution in [3.8, 4) is 0 Å². The molecule has 0 saturated carbocycles. The molecule has 0 amide bonds. The number of allylic oxidation sites excluding steroid dienone is 2. The van der Waals surface area contributed by atoms with E-state index in [1.54, 1.807) is 26.0 Å². The lowest BCUT2D eigenvalue weighted by atomic mass is 10.2. The molecule has 0 aliphatic rings. The van der Waals surface area contributed by atoms with Gasteiger partial charge in [0.15, 0.2) is 0 Å². The highest BCUT2D eigenvalue weighted by Gasteiger charge is 2.03. The summed E-state index contributed by atoms with van der Waals surface area (Å²) in [7, 11) is 0. The highest BCUT2D eigenvalue weighted by atomic mass is 16.5. The predicted molar refractivity (Wildman–Crippen MR) is 61.0 cm³/mol. The van der Waals surface area contributed by atoms with Crippen molar-refractivity contribution in [3.05, 3.63) is 23.3 Å². The number of unbranched alkanes of at least 4 members (excludes halogenated alkanes) is 1. The lowest BCUT2D eigenvalue weighted by molar-refractivity contribution is -0.139. The summed E-state index contributed by atoms with van der Waals surface area (Å²) in [5.41, 5.74) is 0.896. The zero-order chi connectivity index (χ0) is 12.6. The van der Waals surface area contributed by atoms with Gasteiger partial charge in [-0.25, -0.2) is 9.59 Å². The molecular weight excluding hydrogens is 208 g/mol. The van der Waals surface area contributed by atoms with Crippen LogP contribution in [0.1, 0.15) is 33.6 Å². The molecule has 1 N–H and O–H groups in total. The number of carboxylic acids is 1. The Labute approximate surface area is 95.6 Å². The number of esters is 1. The highest BCUT2D eigenvalue weighted by molar-refractivity contribution is 5.87. The maximum absolute atomic E-state index is 11.2. The van der Waals surface area contributed by atoms with Crippen LogP contribution in [0.5, 0.6) is 0 Å². The van der Waals surface area contributed by atoms with Gasteiger partial charge in [-0.3, -0.25) is 0 Å². The monoisotopic (exact) mass is 226 g/mol. The van der Waals surface area contributed by atoms with Crippen molar-refractivity contribution in [1.82, 2.24) is 0 Å². The topological polar surface area (TPSA) is 63.6 Å². The molecule has 0 atom stereocenters. The molecule has 90 valence electrons. The summed E-state index contributed by atoms with van der Waals surface area (Å²) >= 11 is 0. The third kappa shape index (κ3) is 6.01. The minimum atomic E-state index is -0.915. The molecule has 0 spiro atoms. The first-order chi connectivity index (χ1) is 7.49. The minimum absolute atomic E-state index is 0.313. The van der Waals surface area contributed by atoms with Crippen LogP contribution in [0.25, 0.3) is 0 Å². The van der Waals surface area contributed by atoms with Gasteiger partial charge in [0.2, 0.25) is 0 Å². The third-order valence-electron chi connectivity index (χ3n) is 2.12. The van der Waals surface area contributed by atoms with E-state index in [1.807, 2.05) is 0 Å². The molecule has 0 fully saturated rings. The average Bonchev–Trinajstić information content (AvgIpc) is 2.26. The van der Waals surface area contributed by atoms with Crippen LogP contribution < -0.4 is 0 Å². The van der Waals surface area contributed by atoms with E-state index in [-0.39, 0.29) is 5.97 Å². The van der Waals surface area contributed by atoms with Gasteiger partial charge >= 0.3 is 11.9 Å². The highest BCUT2D eigenvalue weighted by Crippen LogP contribution is 2.01. The van der Waals surface area contributed by atoms with Crippen molar-refractivity contribution in [1.29, 1.82) is 0 Å². The van der Waals surface area contributed by atoms with E-state index in [2.05, 4.69) is 0 Å². The average molecular weight is 226 g/mol. The van der Waals surface area contributed by atoms with E-state index in [0.717, 1.165) is 0 Å². The number of aliphatic carboxylic acids is 1. The van der Waals surface area contributed by atoms with Crippen LogP contribution in [0.2, 0.25) is 0 Å². The Morgan fingerprint density at radius 3 is 2.38 bits per heavy atom. The summed E-state index contributed by atoms with van der Waals surface area (Å²) in [5.74, 6) is -1.23. The summed E-state index contributed by atoms with van der Waals surface area (Å²) in [4.78, 5) is 21.6. The molecule has 0 unspecified atom stereocenters. The number of hydrogen-bond acceptors (Lipinski definition) is 3. The van der Waals surface area contributed by atoms with Crippen LogP contribution >= 0.6 is 0 Å². The Morgan fingerprint density at radius 1 is 1.25 bits per heavy atom. The van der Waals surface area contributed by atoms with Crippen molar-refractivity contribution in [2.45, 2.75) is 33.6 Å². The molecule has 0 aliphatic heterocycles. The number of carbonyl (C=O) groups is 2. The van der Waals surface area contributed by atoms with Crippen molar-refractivity contribution in [2.75, 3.05) is 6.61 Å². The first kappa shape index (κ1) is 14.4. The first-order valence-electron chi connectivity index (χ1n) is 5.19. The molecule has 0 rings (SSSR count). The smallest absolute Gasteiger partial charge is 0.333 e. The Bertz CT molecular complexity index is 313. The Morgan fingerprint density at radius 2 is 1.88 bits per heavy atom. The number of ether oxygens (including phenoxy) is 1. The predicted octanol–water partition coefficient (Wildman–Crippen LogP) is 2.31. The van der Waals surface area contributed by atoms with Crippen LogP contribution in [-0.2, 0) is 14.3 Å². The molecule has 0 aromatic rings. The van der Waals surface area contributed by atoms with E-state index >= 15 is 0 Å². The maximum atomic E-state index is 11.2. The molecule has 16 heavy (non-hydrogen) atoms. The van der Waals surface area contributed by atoms with E-state index in [9.17, 15) is 9.59 Å². The number of hydrogen-bond donors (Lipinski definition) is 1. The van der Waals surface area contributed by atoms with Crippen molar-refractivity contribution in [2.24, 2.45) is 0 Å². The third-order valence-corrected chi connectivity index (χ3v) is 2.12. The number of carbonyl (C=O) groups excluding carboxylic acids is 1. The first-order valence-corrected chi connectivity index (χ1v) is 5.19. The number of carboxylic acid groups (broad SMARTS) is 1. The molecule has 4 nitrogen and oxygen atoms in total. The lowest BCUT2D eigenvalue weighted by Gasteiger charge is -2.03. The Balaban J connectivity index is 3.74. The standard InChI is InChI=1S/C12H18O4/c1-4-9(2)12(15)16-8-6-5-7-10(3)11(13)14/h4,7H,5-6,8H2,1-3H3,(H,13,14). The summed E-state index contributed by atoms with van der Waals surface area (Å²) in [6.45, 7) is 5.32. The summed E-state index contributed by atoms with van der Waals surface area (Å²) in [6, 6.07) is 0. The minimum Gasteiger partial charge on any atom is -0.478 e. The van der Waals surface area contributed by atoms with Gasteiger partial charge in [-0.05, 0) is 33.6 Å².